The summed E-state index contributed by atoms with van der Waals surface area (Å²) in [6.45, 7) is 0.717. The summed E-state index contributed by atoms with van der Waals surface area (Å²) < 4.78 is 0. The zero-order valence-electron chi connectivity index (χ0n) is 10.3. The van der Waals surface area contributed by atoms with Gasteiger partial charge in [-0.1, -0.05) is 37.1 Å². The van der Waals surface area contributed by atoms with Crippen LogP contribution in [0.4, 0.5) is 0 Å². The fraction of sp³-hybridized carbons (Fsp3) is 0.600. The van der Waals surface area contributed by atoms with E-state index >= 15 is 0 Å². The fourth-order valence-electron chi connectivity index (χ4n) is 3.30. The molecule has 2 nitrogen and oxygen atoms in total. The first kappa shape index (κ1) is 11.2. The number of rotatable bonds is 3. The second-order valence-electron chi connectivity index (χ2n) is 5.55. The van der Waals surface area contributed by atoms with Crippen molar-refractivity contribution in [3.05, 3.63) is 35.4 Å². The molecule has 1 aromatic rings. The molecule has 2 N–H and O–H groups in total. The Morgan fingerprint density at radius 1 is 1.24 bits per heavy atom. The lowest BCUT2D eigenvalue weighted by molar-refractivity contribution is 0.0360. The fourth-order valence-corrected chi connectivity index (χ4v) is 3.30. The smallest absolute Gasteiger partial charge is 0.103 e. The third-order valence-corrected chi connectivity index (χ3v) is 4.36. The van der Waals surface area contributed by atoms with Gasteiger partial charge in [-0.15, -0.1) is 0 Å². The van der Waals surface area contributed by atoms with E-state index in [0.29, 0.717) is 12.6 Å². The number of aliphatic hydroxyl groups is 1. The number of hydrogen-bond acceptors (Lipinski definition) is 2. The highest BCUT2D eigenvalue weighted by Crippen LogP contribution is 2.36. The Kier molecular flexibility index (Phi) is 2.93. The predicted octanol–water partition coefficient (Wildman–Crippen LogP) is 2.35. The van der Waals surface area contributed by atoms with Crippen LogP contribution in [0.1, 0.15) is 43.2 Å². The maximum Gasteiger partial charge on any atom is 0.103 e. The standard InChI is InChI=1S/C15H21NO/c17-15(11-16-13-6-2-3-7-13)10-9-12-5-1-4-8-14(12)15/h1,4-5,8,13,16-17H,2-3,6-7,9-11H2. The van der Waals surface area contributed by atoms with E-state index in [1.807, 2.05) is 6.07 Å². The lowest BCUT2D eigenvalue weighted by Gasteiger charge is -2.26. The minimum absolute atomic E-state index is 0.626. The first-order valence-electron chi connectivity index (χ1n) is 6.82. The summed E-state index contributed by atoms with van der Waals surface area (Å²) in [5, 5.41) is 14.3. The van der Waals surface area contributed by atoms with Crippen molar-refractivity contribution in [3.8, 4) is 0 Å². The van der Waals surface area contributed by atoms with E-state index in [9.17, 15) is 5.11 Å². The highest BCUT2D eigenvalue weighted by molar-refractivity contribution is 5.37. The van der Waals surface area contributed by atoms with E-state index in [-0.39, 0.29) is 0 Å². The van der Waals surface area contributed by atoms with Gasteiger partial charge in [0.1, 0.15) is 5.60 Å². The molecule has 17 heavy (non-hydrogen) atoms. The molecule has 3 rings (SSSR count). The van der Waals surface area contributed by atoms with Gasteiger partial charge in [0, 0.05) is 12.6 Å². The number of hydrogen-bond donors (Lipinski definition) is 2. The third-order valence-electron chi connectivity index (χ3n) is 4.36. The monoisotopic (exact) mass is 231 g/mol. The molecule has 0 bridgehead atoms. The van der Waals surface area contributed by atoms with Crippen molar-refractivity contribution in [2.75, 3.05) is 6.54 Å². The van der Waals surface area contributed by atoms with E-state index in [1.165, 1.54) is 31.2 Å². The quantitative estimate of drug-likeness (QED) is 0.837. The SMILES string of the molecule is OC1(CNC2CCCC2)CCc2ccccc21. The average Bonchev–Trinajstić information content (AvgIpc) is 2.97. The summed E-state index contributed by atoms with van der Waals surface area (Å²) in [5.41, 5.74) is 1.84. The normalized spacial score (nSPS) is 28.5. The lowest BCUT2D eigenvalue weighted by Crippen LogP contribution is -2.40. The van der Waals surface area contributed by atoms with Gasteiger partial charge in [0.15, 0.2) is 0 Å². The first-order chi connectivity index (χ1) is 8.28. The Labute approximate surface area is 103 Å². The van der Waals surface area contributed by atoms with Gasteiger partial charge in [0.25, 0.3) is 0 Å². The van der Waals surface area contributed by atoms with Crippen molar-refractivity contribution in [1.29, 1.82) is 0 Å². The average molecular weight is 231 g/mol. The van der Waals surface area contributed by atoms with Crippen molar-refractivity contribution in [3.63, 3.8) is 0 Å². The summed E-state index contributed by atoms with van der Waals surface area (Å²) in [7, 11) is 0. The third kappa shape index (κ3) is 2.12. The van der Waals surface area contributed by atoms with Crippen LogP contribution in [0.5, 0.6) is 0 Å². The van der Waals surface area contributed by atoms with Gasteiger partial charge < -0.3 is 10.4 Å². The first-order valence-corrected chi connectivity index (χ1v) is 6.82. The molecule has 0 aliphatic heterocycles. The van der Waals surface area contributed by atoms with Crippen molar-refractivity contribution in [2.45, 2.75) is 50.2 Å². The van der Waals surface area contributed by atoms with Gasteiger partial charge in [0.2, 0.25) is 0 Å². The zero-order chi connectivity index (χ0) is 11.7. The Hall–Kier alpha value is -0.860. The van der Waals surface area contributed by atoms with E-state index in [2.05, 4.69) is 23.5 Å². The molecule has 1 unspecified atom stereocenters. The van der Waals surface area contributed by atoms with Gasteiger partial charge in [-0.25, -0.2) is 0 Å². The lowest BCUT2D eigenvalue weighted by atomic mass is 9.95. The van der Waals surface area contributed by atoms with Gasteiger partial charge in [-0.05, 0) is 36.8 Å². The molecule has 0 amide bonds. The maximum atomic E-state index is 10.7. The van der Waals surface area contributed by atoms with Crippen LogP contribution in [0, 0.1) is 0 Å². The summed E-state index contributed by atoms with van der Waals surface area (Å²) in [6.07, 6.45) is 7.11. The number of benzene rings is 1. The Morgan fingerprint density at radius 3 is 2.82 bits per heavy atom. The summed E-state index contributed by atoms with van der Waals surface area (Å²) in [6, 6.07) is 8.95. The van der Waals surface area contributed by atoms with Crippen LogP contribution >= 0.6 is 0 Å². The van der Waals surface area contributed by atoms with Crippen molar-refractivity contribution < 1.29 is 5.11 Å². The minimum atomic E-state index is -0.626. The van der Waals surface area contributed by atoms with Gasteiger partial charge in [0.05, 0.1) is 0 Å². The summed E-state index contributed by atoms with van der Waals surface area (Å²) in [5.74, 6) is 0. The Balaban J connectivity index is 1.70. The van der Waals surface area contributed by atoms with Crippen LogP contribution < -0.4 is 5.32 Å². The second-order valence-corrected chi connectivity index (χ2v) is 5.55. The molecular formula is C15H21NO. The molecule has 0 spiro atoms. The molecule has 1 atom stereocenters. The maximum absolute atomic E-state index is 10.7. The van der Waals surface area contributed by atoms with Gasteiger partial charge in [-0.3, -0.25) is 0 Å². The molecule has 0 heterocycles. The molecule has 2 aliphatic rings. The molecule has 0 saturated heterocycles. The van der Waals surface area contributed by atoms with E-state index in [1.54, 1.807) is 0 Å². The van der Waals surface area contributed by atoms with Gasteiger partial charge in [-0.2, -0.15) is 0 Å². The van der Waals surface area contributed by atoms with Crippen molar-refractivity contribution >= 4 is 0 Å². The molecule has 2 heteroatoms. The van der Waals surface area contributed by atoms with Crippen LogP contribution in [-0.4, -0.2) is 17.7 Å². The molecule has 0 aromatic heterocycles. The van der Waals surface area contributed by atoms with Crippen LogP contribution in [0.15, 0.2) is 24.3 Å². The van der Waals surface area contributed by atoms with E-state index < -0.39 is 5.60 Å². The van der Waals surface area contributed by atoms with Crippen molar-refractivity contribution in [1.82, 2.24) is 5.32 Å². The molecular weight excluding hydrogens is 210 g/mol. The van der Waals surface area contributed by atoms with Crippen LogP contribution in [-0.2, 0) is 12.0 Å². The molecule has 1 saturated carbocycles. The number of fused-ring (bicyclic) bond motifs is 1. The van der Waals surface area contributed by atoms with Gasteiger partial charge >= 0.3 is 0 Å². The summed E-state index contributed by atoms with van der Waals surface area (Å²) >= 11 is 0. The minimum Gasteiger partial charge on any atom is -0.384 e. The molecule has 2 aliphatic carbocycles. The second kappa shape index (κ2) is 4.43. The van der Waals surface area contributed by atoms with Crippen LogP contribution in [0.2, 0.25) is 0 Å². The number of aryl methyl sites for hydroxylation is 1. The number of nitrogens with one attached hydrogen (secondary N) is 1. The molecule has 0 radical (unpaired) electrons. The van der Waals surface area contributed by atoms with Crippen LogP contribution in [0.3, 0.4) is 0 Å². The predicted molar refractivity (Wildman–Crippen MR) is 68.9 cm³/mol. The highest BCUT2D eigenvalue weighted by atomic mass is 16.3. The molecule has 92 valence electrons. The van der Waals surface area contributed by atoms with E-state index in [0.717, 1.165) is 18.4 Å². The topological polar surface area (TPSA) is 32.3 Å². The van der Waals surface area contributed by atoms with Crippen molar-refractivity contribution in [2.24, 2.45) is 0 Å². The molecule has 1 aromatic carbocycles. The molecule has 1 fully saturated rings. The highest BCUT2D eigenvalue weighted by Gasteiger charge is 2.36. The van der Waals surface area contributed by atoms with Crippen LogP contribution in [0.25, 0.3) is 0 Å². The zero-order valence-corrected chi connectivity index (χ0v) is 10.3. The Bertz CT molecular complexity index is 398. The largest absolute Gasteiger partial charge is 0.384 e. The summed E-state index contributed by atoms with van der Waals surface area (Å²) in [4.78, 5) is 0. The Morgan fingerprint density at radius 2 is 2.00 bits per heavy atom. The van der Waals surface area contributed by atoms with E-state index in [4.69, 9.17) is 0 Å².